The molecule has 15 heteroatoms. The maximum atomic E-state index is 13.6. The first kappa shape index (κ1) is 33.1. The van der Waals surface area contributed by atoms with Crippen LogP contribution in [0.15, 0.2) is 54.7 Å². The van der Waals surface area contributed by atoms with E-state index in [9.17, 15) is 39.0 Å². The lowest BCUT2D eigenvalue weighted by molar-refractivity contribution is -0.143. The van der Waals surface area contributed by atoms with Gasteiger partial charge in [-0.1, -0.05) is 30.3 Å². The summed E-state index contributed by atoms with van der Waals surface area (Å²) in [6.07, 6.45) is 0.00394. The monoisotopic (exact) mass is 610 g/mol. The number of hydrogen-bond donors (Lipinski definition) is 9. The molecule has 1 aromatic heterocycles. The zero-order chi connectivity index (χ0) is 32.4. The van der Waals surface area contributed by atoms with Crippen molar-refractivity contribution in [3.05, 3.63) is 65.9 Å². The number of phenolic OH excluding ortho intramolecular Hbond substituents is 1. The molecular weight excluding hydrogens is 576 g/mol. The molecule has 0 aliphatic rings. The van der Waals surface area contributed by atoms with Crippen molar-refractivity contribution >= 4 is 46.5 Å². The van der Waals surface area contributed by atoms with Gasteiger partial charge in [0.05, 0.1) is 12.5 Å². The first-order valence-electron chi connectivity index (χ1n) is 13.6. The third-order valence-corrected chi connectivity index (χ3v) is 6.76. The van der Waals surface area contributed by atoms with Crippen LogP contribution >= 0.6 is 0 Å². The van der Waals surface area contributed by atoms with Crippen molar-refractivity contribution in [2.24, 2.45) is 11.5 Å². The number of para-hydroxylation sites is 1. The third kappa shape index (κ3) is 9.55. The number of nitrogens with one attached hydrogen (secondary N) is 4. The van der Waals surface area contributed by atoms with Gasteiger partial charge in [-0.05, 0) is 35.7 Å². The molecule has 0 saturated carbocycles. The summed E-state index contributed by atoms with van der Waals surface area (Å²) < 4.78 is 0. The number of benzene rings is 2. The van der Waals surface area contributed by atoms with Crippen LogP contribution in [0.1, 0.15) is 30.4 Å². The lowest BCUT2D eigenvalue weighted by Gasteiger charge is -2.25. The van der Waals surface area contributed by atoms with E-state index < -0.39 is 79.0 Å². The van der Waals surface area contributed by atoms with E-state index in [1.165, 1.54) is 24.3 Å². The lowest BCUT2D eigenvalue weighted by Crippen LogP contribution is -2.58. The molecule has 0 saturated heterocycles. The number of aromatic amines is 1. The number of carbonyl (C=O) groups is 6. The maximum Gasteiger partial charge on any atom is 0.326 e. The summed E-state index contributed by atoms with van der Waals surface area (Å²) in [5.41, 5.74) is 12.8. The number of amides is 4. The molecule has 0 bridgehead atoms. The molecule has 4 unspecified atom stereocenters. The Hall–Kier alpha value is -5.44. The molecule has 4 amide bonds. The Morgan fingerprint density at radius 3 is 2.00 bits per heavy atom. The van der Waals surface area contributed by atoms with E-state index >= 15 is 0 Å². The van der Waals surface area contributed by atoms with E-state index in [2.05, 4.69) is 20.9 Å². The fourth-order valence-corrected chi connectivity index (χ4v) is 4.46. The number of fused-ring (bicyclic) bond motifs is 1. The second-order valence-electron chi connectivity index (χ2n) is 10.2. The number of aromatic hydroxyl groups is 1. The minimum absolute atomic E-state index is 0.0337. The maximum absolute atomic E-state index is 13.6. The largest absolute Gasteiger partial charge is 0.508 e. The van der Waals surface area contributed by atoms with Gasteiger partial charge in [0.1, 0.15) is 23.9 Å². The van der Waals surface area contributed by atoms with Crippen LogP contribution < -0.4 is 27.4 Å². The number of carboxylic acid groups (broad SMARTS) is 2. The molecule has 44 heavy (non-hydrogen) atoms. The third-order valence-electron chi connectivity index (χ3n) is 6.76. The highest BCUT2D eigenvalue weighted by molar-refractivity contribution is 5.95. The van der Waals surface area contributed by atoms with Crippen LogP contribution in [0.25, 0.3) is 10.9 Å². The number of phenols is 1. The minimum Gasteiger partial charge on any atom is -0.508 e. The smallest absolute Gasteiger partial charge is 0.326 e. The van der Waals surface area contributed by atoms with Crippen LogP contribution in [0.5, 0.6) is 5.75 Å². The van der Waals surface area contributed by atoms with Gasteiger partial charge in [-0.3, -0.25) is 24.0 Å². The second-order valence-corrected chi connectivity index (χ2v) is 10.2. The Labute approximate surface area is 251 Å². The lowest BCUT2D eigenvalue weighted by atomic mass is 10.0. The summed E-state index contributed by atoms with van der Waals surface area (Å²) in [5.74, 6) is -6.18. The number of carboxylic acids is 2. The molecule has 2 aromatic carbocycles. The molecule has 3 rings (SSSR count). The Morgan fingerprint density at radius 1 is 0.795 bits per heavy atom. The Balaban J connectivity index is 1.91. The SMILES string of the molecule is NC(=O)CC(N)C(=O)NC(Cc1ccc(O)cc1)C(=O)NC(Cc1c[nH]c2ccccc12)C(=O)NC(CCC(=O)O)C(=O)O. The van der Waals surface area contributed by atoms with Gasteiger partial charge < -0.3 is 47.7 Å². The molecule has 15 nitrogen and oxygen atoms in total. The number of hydrogen-bond acceptors (Lipinski definition) is 8. The zero-order valence-corrected chi connectivity index (χ0v) is 23.5. The van der Waals surface area contributed by atoms with E-state index in [1.54, 1.807) is 30.5 Å². The van der Waals surface area contributed by atoms with Gasteiger partial charge in [0.15, 0.2) is 0 Å². The number of H-pyrrole nitrogens is 1. The highest BCUT2D eigenvalue weighted by Gasteiger charge is 2.31. The van der Waals surface area contributed by atoms with E-state index in [1.807, 2.05) is 0 Å². The number of carbonyl (C=O) groups excluding carboxylic acids is 4. The average molecular weight is 611 g/mol. The second kappa shape index (κ2) is 15.2. The molecule has 4 atom stereocenters. The van der Waals surface area contributed by atoms with Crippen LogP contribution in [0.4, 0.5) is 0 Å². The van der Waals surface area contributed by atoms with Gasteiger partial charge in [0, 0.05) is 36.4 Å². The average Bonchev–Trinajstić information content (AvgIpc) is 3.37. The Kier molecular flexibility index (Phi) is 11.4. The molecule has 0 aliphatic heterocycles. The Bertz CT molecular complexity index is 1520. The van der Waals surface area contributed by atoms with Crippen molar-refractivity contribution in [2.45, 2.75) is 56.3 Å². The number of rotatable bonds is 16. The fourth-order valence-electron chi connectivity index (χ4n) is 4.46. The molecule has 1 heterocycles. The van der Waals surface area contributed by atoms with E-state index in [-0.39, 0.29) is 18.6 Å². The highest BCUT2D eigenvalue weighted by atomic mass is 16.4. The fraction of sp³-hybridized carbons (Fsp3) is 0.310. The van der Waals surface area contributed by atoms with Gasteiger partial charge in [-0.2, -0.15) is 0 Å². The summed E-state index contributed by atoms with van der Waals surface area (Å²) in [7, 11) is 0. The number of aliphatic carboxylic acids is 2. The van der Waals surface area contributed by atoms with Crippen LogP contribution in [-0.4, -0.2) is 80.0 Å². The highest BCUT2D eigenvalue weighted by Crippen LogP contribution is 2.20. The van der Waals surface area contributed by atoms with Gasteiger partial charge in [-0.15, -0.1) is 0 Å². The molecule has 0 fully saturated rings. The number of aromatic nitrogens is 1. The van der Waals surface area contributed by atoms with Crippen molar-refractivity contribution in [1.82, 2.24) is 20.9 Å². The number of primary amides is 1. The first-order valence-corrected chi connectivity index (χ1v) is 13.6. The van der Waals surface area contributed by atoms with Crippen molar-refractivity contribution in [3.63, 3.8) is 0 Å². The summed E-state index contributed by atoms with van der Waals surface area (Å²) in [4.78, 5) is 77.0. The summed E-state index contributed by atoms with van der Waals surface area (Å²) in [6, 6.07) is 7.34. The van der Waals surface area contributed by atoms with Gasteiger partial charge in [0.25, 0.3) is 0 Å². The van der Waals surface area contributed by atoms with Crippen LogP contribution in [-0.2, 0) is 41.6 Å². The van der Waals surface area contributed by atoms with Crippen LogP contribution in [0, 0.1) is 0 Å². The molecule has 0 spiro atoms. The van der Waals surface area contributed by atoms with Gasteiger partial charge >= 0.3 is 11.9 Å². The van der Waals surface area contributed by atoms with E-state index in [0.717, 1.165) is 10.9 Å². The summed E-state index contributed by atoms with van der Waals surface area (Å²) in [6.45, 7) is 0. The number of nitrogens with two attached hydrogens (primary N) is 2. The van der Waals surface area contributed by atoms with E-state index in [4.69, 9.17) is 16.6 Å². The summed E-state index contributed by atoms with van der Waals surface area (Å²) >= 11 is 0. The predicted octanol–water partition coefficient (Wildman–Crippen LogP) is -0.735. The quantitative estimate of drug-likeness (QED) is 0.0980. The van der Waals surface area contributed by atoms with Crippen molar-refractivity contribution in [2.75, 3.05) is 0 Å². The molecular formula is C29H34N6O9. The van der Waals surface area contributed by atoms with Crippen molar-refractivity contribution < 1.29 is 44.1 Å². The standard InChI is InChI=1S/C29H34N6O9/c30-19(13-24(31)37)26(40)34-22(11-15-5-7-17(36)8-6-15)27(41)35-23(12-16-14-32-20-4-2-1-3-18(16)20)28(42)33-21(29(43)44)9-10-25(38)39/h1-8,14,19,21-23,32,36H,9-13,30H2,(H2,31,37)(H,33,42)(H,34,40)(H,35,41)(H,38,39)(H,43,44). The molecule has 234 valence electrons. The van der Waals surface area contributed by atoms with Crippen molar-refractivity contribution in [3.8, 4) is 5.75 Å². The predicted molar refractivity (Wildman–Crippen MR) is 156 cm³/mol. The van der Waals surface area contributed by atoms with Gasteiger partial charge in [-0.25, -0.2) is 4.79 Å². The molecule has 0 radical (unpaired) electrons. The van der Waals surface area contributed by atoms with Gasteiger partial charge in [0.2, 0.25) is 23.6 Å². The molecule has 3 aromatic rings. The normalized spacial score (nSPS) is 13.7. The summed E-state index contributed by atoms with van der Waals surface area (Å²) in [5, 5.41) is 36.3. The first-order chi connectivity index (χ1) is 20.8. The van der Waals surface area contributed by atoms with Crippen LogP contribution in [0.2, 0.25) is 0 Å². The van der Waals surface area contributed by atoms with E-state index in [0.29, 0.717) is 11.1 Å². The zero-order valence-electron chi connectivity index (χ0n) is 23.5. The topological polar surface area (TPSA) is 267 Å². The molecule has 0 aliphatic carbocycles. The minimum atomic E-state index is -1.56. The Morgan fingerprint density at radius 2 is 1.39 bits per heavy atom. The van der Waals surface area contributed by atoms with Crippen LogP contribution in [0.3, 0.4) is 0 Å². The van der Waals surface area contributed by atoms with Crippen molar-refractivity contribution in [1.29, 1.82) is 0 Å². The molecule has 11 N–H and O–H groups in total.